The van der Waals surface area contributed by atoms with Gasteiger partial charge in [0.15, 0.2) is 0 Å². The Morgan fingerprint density at radius 3 is 2.43 bits per heavy atom. The number of rotatable bonds is 6. The normalized spacial score (nSPS) is 9.64. The smallest absolute Gasteiger partial charge is 0.241 e. The van der Waals surface area contributed by atoms with Gasteiger partial charge in [-0.05, 0) is 12.8 Å². The number of nitrogens with zero attached hydrogens (tertiary/aromatic N) is 1. The first-order valence-corrected chi connectivity index (χ1v) is 5.14. The van der Waals surface area contributed by atoms with Gasteiger partial charge in [0.2, 0.25) is 11.8 Å². The lowest BCUT2D eigenvalue weighted by Crippen LogP contribution is -2.36. The SMILES string of the molecule is CN(C)C(=O)CNC(=O)CCCCCl. The van der Waals surface area contributed by atoms with E-state index in [9.17, 15) is 9.59 Å². The van der Waals surface area contributed by atoms with Gasteiger partial charge in [-0.25, -0.2) is 0 Å². The van der Waals surface area contributed by atoms with E-state index in [4.69, 9.17) is 11.6 Å². The van der Waals surface area contributed by atoms with E-state index in [0.29, 0.717) is 12.3 Å². The van der Waals surface area contributed by atoms with Gasteiger partial charge in [0.1, 0.15) is 0 Å². The van der Waals surface area contributed by atoms with Gasteiger partial charge < -0.3 is 10.2 Å². The minimum Gasteiger partial charge on any atom is -0.347 e. The molecule has 0 aromatic rings. The second kappa shape index (κ2) is 7.62. The molecule has 0 rings (SSSR count). The third kappa shape index (κ3) is 6.71. The largest absolute Gasteiger partial charge is 0.347 e. The van der Waals surface area contributed by atoms with Gasteiger partial charge >= 0.3 is 0 Å². The summed E-state index contributed by atoms with van der Waals surface area (Å²) in [6.07, 6.45) is 2.04. The highest BCUT2D eigenvalue weighted by Crippen LogP contribution is 1.96. The van der Waals surface area contributed by atoms with Crippen molar-refractivity contribution in [1.82, 2.24) is 10.2 Å². The predicted octanol–water partition coefficient (Wildman–Crippen LogP) is 0.600. The third-order valence-corrected chi connectivity index (χ3v) is 1.99. The molecule has 82 valence electrons. The first kappa shape index (κ1) is 13.2. The van der Waals surface area contributed by atoms with Crippen LogP contribution in [0.1, 0.15) is 19.3 Å². The zero-order valence-corrected chi connectivity index (χ0v) is 9.43. The molecule has 0 bridgehead atoms. The van der Waals surface area contributed by atoms with Crippen molar-refractivity contribution in [3.05, 3.63) is 0 Å². The van der Waals surface area contributed by atoms with Gasteiger partial charge in [0.25, 0.3) is 0 Å². The first-order chi connectivity index (χ1) is 6.57. The number of carbonyl (C=O) groups is 2. The Bertz CT molecular complexity index is 195. The Labute approximate surface area is 89.6 Å². The van der Waals surface area contributed by atoms with Crippen LogP contribution < -0.4 is 5.32 Å². The number of halogens is 1. The first-order valence-electron chi connectivity index (χ1n) is 4.60. The van der Waals surface area contributed by atoms with Crippen molar-refractivity contribution >= 4 is 23.4 Å². The summed E-state index contributed by atoms with van der Waals surface area (Å²) in [6, 6.07) is 0. The van der Waals surface area contributed by atoms with Crippen molar-refractivity contribution in [3.8, 4) is 0 Å². The van der Waals surface area contributed by atoms with Crippen molar-refractivity contribution in [3.63, 3.8) is 0 Å². The van der Waals surface area contributed by atoms with E-state index >= 15 is 0 Å². The maximum Gasteiger partial charge on any atom is 0.241 e. The molecule has 0 atom stereocenters. The zero-order valence-electron chi connectivity index (χ0n) is 8.68. The van der Waals surface area contributed by atoms with E-state index in [1.807, 2.05) is 0 Å². The van der Waals surface area contributed by atoms with Crippen LogP contribution in [0.15, 0.2) is 0 Å². The van der Waals surface area contributed by atoms with E-state index in [1.54, 1.807) is 14.1 Å². The van der Waals surface area contributed by atoms with Crippen molar-refractivity contribution in [1.29, 1.82) is 0 Å². The number of alkyl halides is 1. The minimum atomic E-state index is -0.101. The summed E-state index contributed by atoms with van der Waals surface area (Å²) >= 11 is 5.46. The molecule has 0 aromatic heterocycles. The summed E-state index contributed by atoms with van der Waals surface area (Å²) in [5, 5.41) is 2.55. The molecule has 0 saturated carbocycles. The van der Waals surface area contributed by atoms with E-state index < -0.39 is 0 Å². The van der Waals surface area contributed by atoms with Gasteiger partial charge in [-0.2, -0.15) is 0 Å². The van der Waals surface area contributed by atoms with Crippen LogP contribution in [0.25, 0.3) is 0 Å². The Morgan fingerprint density at radius 2 is 1.93 bits per heavy atom. The molecule has 0 unspecified atom stereocenters. The lowest BCUT2D eigenvalue weighted by Gasteiger charge is -2.10. The molecule has 0 aromatic carbocycles. The Balaban J connectivity index is 3.49. The second-order valence-corrected chi connectivity index (χ2v) is 3.59. The van der Waals surface area contributed by atoms with Crippen molar-refractivity contribution < 1.29 is 9.59 Å². The topological polar surface area (TPSA) is 49.4 Å². The number of likely N-dealkylation sites (N-methyl/N-ethyl adjacent to an activating group) is 1. The molecule has 0 saturated heterocycles. The van der Waals surface area contributed by atoms with Crippen LogP contribution in [0.3, 0.4) is 0 Å². The standard InChI is InChI=1S/C9H17ClN2O2/c1-12(2)9(14)7-11-8(13)5-3-4-6-10/h3-7H2,1-2H3,(H,11,13). The number of carbonyl (C=O) groups excluding carboxylic acids is 2. The van der Waals surface area contributed by atoms with E-state index in [2.05, 4.69) is 5.32 Å². The summed E-state index contributed by atoms with van der Waals surface area (Å²) in [6.45, 7) is 0.0761. The Morgan fingerprint density at radius 1 is 1.29 bits per heavy atom. The summed E-state index contributed by atoms with van der Waals surface area (Å²) in [7, 11) is 3.31. The van der Waals surface area contributed by atoms with Gasteiger partial charge in [0.05, 0.1) is 6.54 Å². The molecule has 0 fully saturated rings. The molecule has 0 aliphatic rings. The maximum atomic E-state index is 11.1. The number of hydrogen-bond acceptors (Lipinski definition) is 2. The Hall–Kier alpha value is -0.770. The van der Waals surface area contributed by atoms with Crippen LogP contribution >= 0.6 is 11.6 Å². The van der Waals surface area contributed by atoms with Crippen molar-refractivity contribution in [2.75, 3.05) is 26.5 Å². The number of nitrogens with one attached hydrogen (secondary N) is 1. The van der Waals surface area contributed by atoms with Gasteiger partial charge in [-0.3, -0.25) is 9.59 Å². The maximum absolute atomic E-state index is 11.1. The number of amides is 2. The van der Waals surface area contributed by atoms with Crippen molar-refractivity contribution in [2.45, 2.75) is 19.3 Å². The highest BCUT2D eigenvalue weighted by molar-refractivity contribution is 6.17. The Kier molecular flexibility index (Phi) is 7.20. The van der Waals surface area contributed by atoms with Gasteiger partial charge in [-0.1, -0.05) is 0 Å². The lowest BCUT2D eigenvalue weighted by molar-refractivity contribution is -0.130. The number of hydrogen-bond donors (Lipinski definition) is 1. The predicted molar refractivity (Wildman–Crippen MR) is 56.3 cm³/mol. The average molecular weight is 221 g/mol. The monoisotopic (exact) mass is 220 g/mol. The summed E-state index contributed by atoms with van der Waals surface area (Å²) < 4.78 is 0. The van der Waals surface area contributed by atoms with Crippen LogP contribution in [-0.4, -0.2) is 43.2 Å². The fourth-order valence-electron chi connectivity index (χ4n) is 0.801. The summed E-state index contributed by atoms with van der Waals surface area (Å²) in [5.74, 6) is 0.380. The minimum absolute atomic E-state index is 0.0761. The molecule has 14 heavy (non-hydrogen) atoms. The van der Waals surface area contributed by atoms with Crippen LogP contribution in [0.2, 0.25) is 0 Å². The molecular weight excluding hydrogens is 204 g/mol. The van der Waals surface area contributed by atoms with E-state index in [0.717, 1.165) is 12.8 Å². The average Bonchev–Trinajstić information content (AvgIpc) is 2.14. The third-order valence-electron chi connectivity index (χ3n) is 1.72. The zero-order chi connectivity index (χ0) is 11.0. The summed E-state index contributed by atoms with van der Waals surface area (Å²) in [4.78, 5) is 23.6. The number of unbranched alkanes of at least 4 members (excludes halogenated alkanes) is 1. The second-order valence-electron chi connectivity index (χ2n) is 3.21. The van der Waals surface area contributed by atoms with Crippen molar-refractivity contribution in [2.24, 2.45) is 0 Å². The molecule has 2 amide bonds. The molecular formula is C9H17ClN2O2. The van der Waals surface area contributed by atoms with Crippen LogP contribution in [-0.2, 0) is 9.59 Å². The molecule has 4 nitrogen and oxygen atoms in total. The quantitative estimate of drug-likeness (QED) is 0.527. The van der Waals surface area contributed by atoms with E-state index in [1.165, 1.54) is 4.90 Å². The molecule has 0 aliphatic carbocycles. The molecule has 0 heterocycles. The highest BCUT2D eigenvalue weighted by Gasteiger charge is 2.06. The molecule has 5 heteroatoms. The molecule has 0 aliphatic heterocycles. The molecule has 1 N–H and O–H groups in total. The molecule has 0 radical (unpaired) electrons. The van der Waals surface area contributed by atoms with Crippen LogP contribution in [0, 0.1) is 0 Å². The lowest BCUT2D eigenvalue weighted by atomic mass is 10.2. The van der Waals surface area contributed by atoms with Crippen LogP contribution in [0.5, 0.6) is 0 Å². The molecule has 0 spiro atoms. The van der Waals surface area contributed by atoms with Crippen LogP contribution in [0.4, 0.5) is 0 Å². The highest BCUT2D eigenvalue weighted by atomic mass is 35.5. The fourth-order valence-corrected chi connectivity index (χ4v) is 0.990. The fraction of sp³-hybridized carbons (Fsp3) is 0.778. The van der Waals surface area contributed by atoms with Gasteiger partial charge in [-0.15, -0.1) is 11.6 Å². The van der Waals surface area contributed by atoms with Gasteiger partial charge in [0, 0.05) is 26.4 Å². The van der Waals surface area contributed by atoms with E-state index in [-0.39, 0.29) is 18.4 Å². The summed E-state index contributed by atoms with van der Waals surface area (Å²) in [5.41, 5.74) is 0.